The summed E-state index contributed by atoms with van der Waals surface area (Å²) in [5.41, 5.74) is 0.853. The third-order valence-electron chi connectivity index (χ3n) is 5.88. The van der Waals surface area contributed by atoms with E-state index in [0.29, 0.717) is 0 Å². The number of piperidine rings is 1. The number of allylic oxidation sites excluding steroid dienone is 2. The van der Waals surface area contributed by atoms with Crippen molar-refractivity contribution >= 4 is 0 Å². The van der Waals surface area contributed by atoms with Gasteiger partial charge >= 0.3 is 0 Å². The van der Waals surface area contributed by atoms with Crippen LogP contribution in [0.15, 0.2) is 36.4 Å². The Morgan fingerprint density at radius 1 is 1.04 bits per heavy atom. The van der Waals surface area contributed by atoms with Crippen LogP contribution in [-0.2, 0) is 6.42 Å². The fourth-order valence-electron chi connectivity index (χ4n) is 4.35. The molecule has 0 bridgehead atoms. The van der Waals surface area contributed by atoms with E-state index in [0.717, 1.165) is 30.4 Å². The molecule has 2 aliphatic rings. The van der Waals surface area contributed by atoms with Gasteiger partial charge < -0.3 is 9.80 Å². The molecule has 0 N–H and O–H groups in total. The molecule has 1 unspecified atom stereocenters. The topological polar surface area (TPSA) is 6.48 Å². The van der Waals surface area contributed by atoms with Crippen molar-refractivity contribution in [2.24, 2.45) is 11.8 Å². The molecule has 2 nitrogen and oxygen atoms in total. The van der Waals surface area contributed by atoms with Crippen molar-refractivity contribution in [3.63, 3.8) is 0 Å². The maximum Gasteiger partial charge on any atom is 0.126 e. The second-order valence-corrected chi connectivity index (χ2v) is 8.00. The van der Waals surface area contributed by atoms with E-state index in [4.69, 9.17) is 0 Å². The van der Waals surface area contributed by atoms with Gasteiger partial charge in [-0.3, -0.25) is 0 Å². The molecule has 0 aromatic heterocycles. The summed E-state index contributed by atoms with van der Waals surface area (Å²) in [5, 5.41) is 0. The second-order valence-electron chi connectivity index (χ2n) is 8.00. The van der Waals surface area contributed by atoms with Crippen LogP contribution in [0, 0.1) is 17.7 Å². The molecule has 1 aliphatic heterocycles. The lowest BCUT2D eigenvalue weighted by atomic mass is 9.92. The van der Waals surface area contributed by atoms with Gasteiger partial charge in [0.15, 0.2) is 0 Å². The zero-order valence-corrected chi connectivity index (χ0v) is 15.7. The van der Waals surface area contributed by atoms with E-state index in [-0.39, 0.29) is 5.82 Å². The van der Waals surface area contributed by atoms with Crippen molar-refractivity contribution in [2.45, 2.75) is 38.5 Å². The maximum absolute atomic E-state index is 13.7. The quantitative estimate of drug-likeness (QED) is 0.678. The summed E-state index contributed by atoms with van der Waals surface area (Å²) in [7, 11) is 2.29. The summed E-state index contributed by atoms with van der Waals surface area (Å²) >= 11 is 0. The summed E-state index contributed by atoms with van der Waals surface area (Å²) in [5.74, 6) is 1.63. The molecule has 3 heteroatoms. The van der Waals surface area contributed by atoms with Gasteiger partial charge in [-0.2, -0.15) is 0 Å². The largest absolute Gasteiger partial charge is 0.306 e. The number of benzene rings is 1. The fraction of sp³-hybridized carbons (Fsp3) is 0.636. The lowest BCUT2D eigenvalue weighted by Crippen LogP contribution is -2.39. The molecule has 1 aliphatic carbocycles. The number of nitrogens with zero attached hydrogens (tertiary/aromatic N) is 2. The number of likely N-dealkylation sites (tertiary alicyclic amines) is 1. The molecule has 1 heterocycles. The van der Waals surface area contributed by atoms with Crippen molar-refractivity contribution in [2.75, 3.05) is 39.8 Å². The normalized spacial score (nSPS) is 22.6. The summed E-state index contributed by atoms with van der Waals surface area (Å²) < 4.78 is 13.7. The number of hydrogen-bond acceptors (Lipinski definition) is 2. The van der Waals surface area contributed by atoms with Gasteiger partial charge in [0.25, 0.3) is 0 Å². The molecule has 138 valence electrons. The van der Waals surface area contributed by atoms with Gasteiger partial charge in [-0.05, 0) is 82.1 Å². The molecule has 1 aromatic carbocycles. The second kappa shape index (κ2) is 9.49. The Morgan fingerprint density at radius 2 is 1.80 bits per heavy atom. The van der Waals surface area contributed by atoms with Crippen LogP contribution >= 0.6 is 0 Å². The SMILES string of the molecule is CN(CC1CC=CCC1)CC1CCN(CCc2ccccc2F)CC1. The zero-order chi connectivity index (χ0) is 17.5. The van der Waals surface area contributed by atoms with Crippen LogP contribution in [0.1, 0.15) is 37.7 Å². The van der Waals surface area contributed by atoms with Crippen LogP contribution in [0.2, 0.25) is 0 Å². The van der Waals surface area contributed by atoms with Crippen molar-refractivity contribution in [1.82, 2.24) is 9.80 Å². The minimum Gasteiger partial charge on any atom is -0.306 e. The van der Waals surface area contributed by atoms with Crippen LogP contribution in [0.3, 0.4) is 0 Å². The maximum atomic E-state index is 13.7. The first kappa shape index (κ1) is 18.6. The van der Waals surface area contributed by atoms with Gasteiger partial charge in [0.05, 0.1) is 0 Å². The lowest BCUT2D eigenvalue weighted by molar-refractivity contribution is 0.146. The van der Waals surface area contributed by atoms with Gasteiger partial charge in [0.1, 0.15) is 5.82 Å². The van der Waals surface area contributed by atoms with Crippen molar-refractivity contribution in [1.29, 1.82) is 0 Å². The van der Waals surface area contributed by atoms with Crippen molar-refractivity contribution in [3.8, 4) is 0 Å². The van der Waals surface area contributed by atoms with E-state index in [1.807, 2.05) is 12.1 Å². The predicted octanol–water partition coefficient (Wildman–Crippen LogP) is 4.37. The van der Waals surface area contributed by atoms with Gasteiger partial charge in [-0.25, -0.2) is 4.39 Å². The Hall–Kier alpha value is -1.19. The fourth-order valence-corrected chi connectivity index (χ4v) is 4.35. The van der Waals surface area contributed by atoms with E-state index in [2.05, 4.69) is 29.0 Å². The molecule has 0 amide bonds. The number of hydrogen-bond donors (Lipinski definition) is 0. The van der Waals surface area contributed by atoms with Crippen LogP contribution in [0.25, 0.3) is 0 Å². The highest BCUT2D eigenvalue weighted by Crippen LogP contribution is 2.22. The van der Waals surface area contributed by atoms with Crippen LogP contribution in [-0.4, -0.2) is 49.6 Å². The van der Waals surface area contributed by atoms with E-state index >= 15 is 0 Å². The highest BCUT2D eigenvalue weighted by molar-refractivity contribution is 5.17. The minimum atomic E-state index is -0.0587. The average Bonchev–Trinajstić information content (AvgIpc) is 2.63. The summed E-state index contributed by atoms with van der Waals surface area (Å²) in [6, 6.07) is 7.18. The third kappa shape index (κ3) is 5.93. The average molecular weight is 345 g/mol. The van der Waals surface area contributed by atoms with E-state index in [9.17, 15) is 4.39 Å². The molecule has 0 spiro atoms. The van der Waals surface area contributed by atoms with E-state index < -0.39 is 0 Å². The van der Waals surface area contributed by atoms with Crippen LogP contribution < -0.4 is 0 Å². The van der Waals surface area contributed by atoms with Crippen LogP contribution in [0.5, 0.6) is 0 Å². The van der Waals surface area contributed by atoms with Crippen LogP contribution in [0.4, 0.5) is 4.39 Å². The Morgan fingerprint density at radius 3 is 2.52 bits per heavy atom. The first-order chi connectivity index (χ1) is 12.2. The summed E-state index contributed by atoms with van der Waals surface area (Å²) in [6.45, 7) is 5.80. The Balaban J connectivity index is 1.34. The molecule has 1 saturated heterocycles. The standard InChI is InChI=1S/C22H33FN2/c1-24(17-19-7-3-2-4-8-19)18-20-11-14-25(15-12-20)16-13-21-9-5-6-10-22(21)23/h2-3,5-6,9-10,19-20H,4,7-8,11-18H2,1H3. The van der Waals surface area contributed by atoms with E-state index in [1.165, 1.54) is 58.3 Å². The molecular formula is C22H33FN2. The van der Waals surface area contributed by atoms with Gasteiger partial charge in [0.2, 0.25) is 0 Å². The molecule has 0 saturated carbocycles. The number of rotatable bonds is 7. The summed E-state index contributed by atoms with van der Waals surface area (Å²) in [6.07, 6.45) is 12.0. The molecule has 0 radical (unpaired) electrons. The lowest BCUT2D eigenvalue weighted by Gasteiger charge is -2.35. The molecular weight excluding hydrogens is 311 g/mol. The number of halogens is 1. The highest BCUT2D eigenvalue weighted by atomic mass is 19.1. The monoisotopic (exact) mass is 344 g/mol. The molecule has 1 atom stereocenters. The Labute approximate surface area is 152 Å². The van der Waals surface area contributed by atoms with Crippen molar-refractivity contribution in [3.05, 3.63) is 47.8 Å². The Kier molecular flexibility index (Phi) is 7.06. The molecule has 25 heavy (non-hydrogen) atoms. The van der Waals surface area contributed by atoms with E-state index in [1.54, 1.807) is 12.1 Å². The molecule has 1 aromatic rings. The van der Waals surface area contributed by atoms with Gasteiger partial charge in [0, 0.05) is 19.6 Å². The summed E-state index contributed by atoms with van der Waals surface area (Å²) in [4.78, 5) is 5.07. The van der Waals surface area contributed by atoms with Crippen molar-refractivity contribution < 1.29 is 4.39 Å². The third-order valence-corrected chi connectivity index (χ3v) is 5.88. The first-order valence-electron chi connectivity index (χ1n) is 10.00. The minimum absolute atomic E-state index is 0.0587. The first-order valence-corrected chi connectivity index (χ1v) is 10.00. The van der Waals surface area contributed by atoms with Gasteiger partial charge in [-0.15, -0.1) is 0 Å². The van der Waals surface area contributed by atoms with Gasteiger partial charge in [-0.1, -0.05) is 30.4 Å². The highest BCUT2D eigenvalue weighted by Gasteiger charge is 2.21. The smallest absolute Gasteiger partial charge is 0.126 e. The molecule has 3 rings (SSSR count). The predicted molar refractivity (Wildman–Crippen MR) is 103 cm³/mol. The zero-order valence-electron chi connectivity index (χ0n) is 15.7. The molecule has 1 fully saturated rings. The Bertz CT molecular complexity index is 549.